The maximum absolute atomic E-state index is 12.9. The molecule has 0 saturated carbocycles. The zero-order valence-corrected chi connectivity index (χ0v) is 10.00. The van der Waals surface area contributed by atoms with Gasteiger partial charge in [0, 0.05) is 0 Å². The highest BCUT2D eigenvalue weighted by molar-refractivity contribution is 5.80. The minimum Gasteiger partial charge on any atom is -0.480 e. The number of amides is 1. The molecule has 0 heterocycles. The molecule has 0 saturated heterocycles. The molecule has 17 heavy (non-hydrogen) atoms. The average molecular weight is 240 g/mol. The normalized spacial score (nSPS) is 12.0. The summed E-state index contributed by atoms with van der Waals surface area (Å²) in [6.07, 6.45) is 0.701. The van der Waals surface area contributed by atoms with Gasteiger partial charge in [-0.3, -0.25) is 10.2 Å². The van der Waals surface area contributed by atoms with Crippen LogP contribution < -0.4 is 16.0 Å². The molecule has 0 radical (unpaired) electrons. The summed E-state index contributed by atoms with van der Waals surface area (Å²) in [7, 11) is 0. The van der Waals surface area contributed by atoms with E-state index in [-0.39, 0.29) is 11.7 Å². The first kappa shape index (κ1) is 13.4. The molecule has 3 N–H and O–H groups in total. The topological polar surface area (TPSA) is 64.3 Å². The van der Waals surface area contributed by atoms with E-state index in [1.807, 2.05) is 6.92 Å². The Hall–Kier alpha value is -1.62. The van der Waals surface area contributed by atoms with E-state index in [0.717, 1.165) is 6.42 Å². The van der Waals surface area contributed by atoms with E-state index in [1.54, 1.807) is 6.92 Å². The van der Waals surface area contributed by atoms with Gasteiger partial charge in [0.05, 0.1) is 0 Å². The fourth-order valence-electron chi connectivity index (χ4n) is 1.50. The second-order valence-electron chi connectivity index (χ2n) is 3.81. The summed E-state index contributed by atoms with van der Waals surface area (Å²) >= 11 is 0. The summed E-state index contributed by atoms with van der Waals surface area (Å²) in [5, 5.41) is 0. The Bertz CT molecular complexity index is 396. The summed E-state index contributed by atoms with van der Waals surface area (Å²) in [6.45, 7) is 3.67. The molecule has 1 amide bonds. The molecule has 1 aromatic rings. The van der Waals surface area contributed by atoms with Crippen LogP contribution in [-0.2, 0) is 4.79 Å². The fraction of sp³-hybridized carbons (Fsp3) is 0.417. The minimum absolute atomic E-state index is 0.329. The molecule has 1 atom stereocenters. The van der Waals surface area contributed by atoms with Crippen LogP contribution in [0.15, 0.2) is 18.2 Å². The molecule has 94 valence electrons. The van der Waals surface area contributed by atoms with Crippen molar-refractivity contribution in [3.8, 4) is 5.75 Å². The lowest BCUT2D eigenvalue weighted by Gasteiger charge is -2.18. The minimum atomic E-state index is -0.644. The number of hydrazine groups is 1. The number of carbonyl (C=O) groups excluding carboxylic acids is 1. The molecule has 4 nitrogen and oxygen atoms in total. The first-order valence-corrected chi connectivity index (χ1v) is 5.51. The van der Waals surface area contributed by atoms with E-state index in [0.29, 0.717) is 17.7 Å². The van der Waals surface area contributed by atoms with Crippen LogP contribution in [0.25, 0.3) is 0 Å². The maximum Gasteiger partial charge on any atom is 0.274 e. The summed E-state index contributed by atoms with van der Waals surface area (Å²) in [4.78, 5) is 11.4. The van der Waals surface area contributed by atoms with Gasteiger partial charge in [0.15, 0.2) is 6.10 Å². The number of carbonyl (C=O) groups is 1. The van der Waals surface area contributed by atoms with Crippen LogP contribution in [0.4, 0.5) is 4.39 Å². The van der Waals surface area contributed by atoms with E-state index in [1.165, 1.54) is 18.2 Å². The van der Waals surface area contributed by atoms with Crippen LogP contribution in [0.5, 0.6) is 5.75 Å². The van der Waals surface area contributed by atoms with Crippen molar-refractivity contribution < 1.29 is 13.9 Å². The zero-order valence-electron chi connectivity index (χ0n) is 10.00. The largest absolute Gasteiger partial charge is 0.480 e. The molecule has 0 spiro atoms. The number of nitrogens with one attached hydrogen (secondary N) is 1. The third-order valence-electron chi connectivity index (χ3n) is 2.39. The first-order chi connectivity index (χ1) is 8.08. The van der Waals surface area contributed by atoms with Crippen molar-refractivity contribution in [3.05, 3.63) is 29.6 Å². The maximum atomic E-state index is 12.9. The Balaban J connectivity index is 2.82. The van der Waals surface area contributed by atoms with Crippen LogP contribution in [0, 0.1) is 12.7 Å². The quantitative estimate of drug-likeness (QED) is 0.467. The van der Waals surface area contributed by atoms with E-state index < -0.39 is 6.10 Å². The standard InChI is InChI=1S/C12H17FN2O2/c1-3-4-11(12(16)15-14)17-10-6-5-9(13)7-8(10)2/h5-7,11H,3-4,14H2,1-2H3,(H,15,16). The van der Waals surface area contributed by atoms with Gasteiger partial charge in [-0.2, -0.15) is 0 Å². The van der Waals surface area contributed by atoms with E-state index in [4.69, 9.17) is 10.6 Å². The molecule has 0 aliphatic carbocycles. The lowest BCUT2D eigenvalue weighted by Crippen LogP contribution is -2.42. The second kappa shape index (κ2) is 6.20. The molecule has 0 aromatic heterocycles. The number of ether oxygens (including phenoxy) is 1. The third kappa shape index (κ3) is 3.71. The third-order valence-corrected chi connectivity index (χ3v) is 2.39. The summed E-state index contributed by atoms with van der Waals surface area (Å²) < 4.78 is 18.4. The Kier molecular flexibility index (Phi) is 4.90. The van der Waals surface area contributed by atoms with Gasteiger partial charge in [0.2, 0.25) is 0 Å². The molecule has 5 heteroatoms. The Morgan fingerprint density at radius 3 is 2.82 bits per heavy atom. The van der Waals surface area contributed by atoms with Gasteiger partial charge in [-0.1, -0.05) is 13.3 Å². The van der Waals surface area contributed by atoms with Crippen molar-refractivity contribution in [2.75, 3.05) is 0 Å². The number of nitrogens with two attached hydrogens (primary N) is 1. The van der Waals surface area contributed by atoms with Crippen LogP contribution in [0.3, 0.4) is 0 Å². The molecule has 0 fully saturated rings. The van der Waals surface area contributed by atoms with Crippen LogP contribution >= 0.6 is 0 Å². The van der Waals surface area contributed by atoms with Crippen LogP contribution in [0.2, 0.25) is 0 Å². The van der Waals surface area contributed by atoms with Crippen molar-refractivity contribution >= 4 is 5.91 Å². The predicted molar refractivity (Wildman–Crippen MR) is 62.8 cm³/mol. The summed E-state index contributed by atoms with van der Waals surface area (Å²) in [6, 6.07) is 4.17. The molecular formula is C12H17FN2O2. The Labute approximate surface area is 99.9 Å². The molecule has 0 bridgehead atoms. The lowest BCUT2D eigenvalue weighted by molar-refractivity contribution is -0.128. The van der Waals surface area contributed by atoms with E-state index in [9.17, 15) is 9.18 Å². The average Bonchev–Trinajstić information content (AvgIpc) is 2.30. The van der Waals surface area contributed by atoms with Crippen molar-refractivity contribution in [1.29, 1.82) is 0 Å². The van der Waals surface area contributed by atoms with Gasteiger partial charge in [-0.15, -0.1) is 0 Å². The van der Waals surface area contributed by atoms with Crippen molar-refractivity contribution in [2.24, 2.45) is 5.84 Å². The number of hydrogen-bond donors (Lipinski definition) is 2. The molecule has 0 aliphatic rings. The van der Waals surface area contributed by atoms with Gasteiger partial charge >= 0.3 is 0 Å². The number of aryl methyl sites for hydroxylation is 1. The van der Waals surface area contributed by atoms with Crippen molar-refractivity contribution in [2.45, 2.75) is 32.8 Å². The number of halogens is 1. The fourth-order valence-corrected chi connectivity index (χ4v) is 1.50. The van der Waals surface area contributed by atoms with Gasteiger partial charge in [-0.25, -0.2) is 10.2 Å². The predicted octanol–water partition coefficient (Wildman–Crippen LogP) is 1.67. The molecule has 1 aromatic carbocycles. The molecule has 1 rings (SSSR count). The summed E-state index contributed by atoms with van der Waals surface area (Å²) in [5.41, 5.74) is 2.71. The smallest absolute Gasteiger partial charge is 0.274 e. The lowest BCUT2D eigenvalue weighted by atomic mass is 10.2. The van der Waals surface area contributed by atoms with Crippen molar-refractivity contribution in [1.82, 2.24) is 5.43 Å². The Morgan fingerprint density at radius 2 is 2.29 bits per heavy atom. The highest BCUT2D eigenvalue weighted by atomic mass is 19.1. The van der Waals surface area contributed by atoms with Gasteiger partial charge in [-0.05, 0) is 37.1 Å². The van der Waals surface area contributed by atoms with E-state index >= 15 is 0 Å². The zero-order chi connectivity index (χ0) is 12.8. The first-order valence-electron chi connectivity index (χ1n) is 5.51. The van der Waals surface area contributed by atoms with Crippen LogP contribution in [0.1, 0.15) is 25.3 Å². The highest BCUT2D eigenvalue weighted by Gasteiger charge is 2.19. The number of hydrogen-bond acceptors (Lipinski definition) is 3. The molecule has 1 unspecified atom stereocenters. The number of benzene rings is 1. The molecular weight excluding hydrogens is 223 g/mol. The monoisotopic (exact) mass is 240 g/mol. The summed E-state index contributed by atoms with van der Waals surface area (Å²) in [5.74, 6) is 4.87. The highest BCUT2D eigenvalue weighted by Crippen LogP contribution is 2.20. The van der Waals surface area contributed by atoms with Crippen molar-refractivity contribution in [3.63, 3.8) is 0 Å². The van der Waals surface area contributed by atoms with E-state index in [2.05, 4.69) is 5.43 Å². The molecule has 0 aliphatic heterocycles. The van der Waals surface area contributed by atoms with Crippen LogP contribution in [-0.4, -0.2) is 12.0 Å². The van der Waals surface area contributed by atoms with Gasteiger partial charge in [0.1, 0.15) is 11.6 Å². The Morgan fingerprint density at radius 1 is 1.59 bits per heavy atom. The van der Waals surface area contributed by atoms with Gasteiger partial charge < -0.3 is 4.74 Å². The van der Waals surface area contributed by atoms with Gasteiger partial charge in [0.25, 0.3) is 5.91 Å². The number of rotatable bonds is 5. The SMILES string of the molecule is CCCC(Oc1ccc(F)cc1C)C(=O)NN. The second-order valence-corrected chi connectivity index (χ2v) is 3.81.